The molecule has 98 valence electrons. The average molecular weight is 250 g/mol. The Balaban J connectivity index is 2.20. The molecule has 4 N–H and O–H groups in total. The smallest absolute Gasteiger partial charge is 0.251 e. The highest BCUT2D eigenvalue weighted by molar-refractivity contribution is 5.96. The van der Waals surface area contributed by atoms with Crippen LogP contribution < -0.4 is 10.6 Å². The molecule has 0 saturated heterocycles. The number of nitrogens with one attached hydrogen (secondary N) is 2. The van der Waals surface area contributed by atoms with Crippen LogP contribution in [-0.4, -0.2) is 41.9 Å². The van der Waals surface area contributed by atoms with E-state index in [0.29, 0.717) is 5.56 Å². The molecule has 0 unspecified atom stereocenters. The first kappa shape index (κ1) is 13.0. The lowest BCUT2D eigenvalue weighted by Crippen LogP contribution is -2.41. The maximum Gasteiger partial charge on any atom is 0.251 e. The maximum atomic E-state index is 12.1. The maximum absolute atomic E-state index is 12.1. The minimum atomic E-state index is -0.602. The van der Waals surface area contributed by atoms with Crippen LogP contribution in [0.15, 0.2) is 18.2 Å². The van der Waals surface area contributed by atoms with E-state index in [9.17, 15) is 4.79 Å². The molecule has 2 rings (SSSR count). The third-order valence-electron chi connectivity index (χ3n) is 3.16. The summed E-state index contributed by atoms with van der Waals surface area (Å²) in [4.78, 5) is 12.1. The highest BCUT2D eigenvalue weighted by Gasteiger charge is 2.19. The Morgan fingerprint density at radius 2 is 2.17 bits per heavy atom. The van der Waals surface area contributed by atoms with E-state index in [1.54, 1.807) is 6.07 Å². The standard InChI is InChI=1S/C13H18N2O3/c16-7-10(8-17)15-13(18)12-3-1-2-9-6-14-5-4-11(9)12/h1-3,10,14,16-17H,4-8H2,(H,15,18). The lowest BCUT2D eigenvalue weighted by atomic mass is 9.95. The molecule has 0 bridgehead atoms. The van der Waals surface area contributed by atoms with Crippen LogP contribution in [0.1, 0.15) is 21.5 Å². The molecule has 0 fully saturated rings. The molecule has 1 aromatic rings. The van der Waals surface area contributed by atoms with E-state index in [2.05, 4.69) is 10.6 Å². The summed E-state index contributed by atoms with van der Waals surface area (Å²) in [5, 5.41) is 23.8. The van der Waals surface area contributed by atoms with E-state index in [4.69, 9.17) is 10.2 Å². The predicted molar refractivity (Wildman–Crippen MR) is 67.3 cm³/mol. The van der Waals surface area contributed by atoms with Gasteiger partial charge in [0.1, 0.15) is 0 Å². The van der Waals surface area contributed by atoms with Crippen molar-refractivity contribution in [3.8, 4) is 0 Å². The Morgan fingerprint density at radius 3 is 2.89 bits per heavy atom. The van der Waals surface area contributed by atoms with Gasteiger partial charge in [0.25, 0.3) is 5.91 Å². The Bertz CT molecular complexity index is 430. The van der Waals surface area contributed by atoms with Crippen LogP contribution in [0.4, 0.5) is 0 Å². The van der Waals surface area contributed by atoms with Crippen molar-refractivity contribution in [3.05, 3.63) is 34.9 Å². The topological polar surface area (TPSA) is 81.6 Å². The minimum absolute atomic E-state index is 0.234. The van der Waals surface area contributed by atoms with Crippen LogP contribution in [0.5, 0.6) is 0 Å². The number of hydrogen-bond acceptors (Lipinski definition) is 4. The zero-order valence-electron chi connectivity index (χ0n) is 10.1. The first-order valence-electron chi connectivity index (χ1n) is 6.10. The summed E-state index contributed by atoms with van der Waals surface area (Å²) in [5.74, 6) is -0.234. The molecule has 1 heterocycles. The summed E-state index contributed by atoms with van der Waals surface area (Å²) in [6.45, 7) is 1.11. The van der Waals surface area contributed by atoms with Gasteiger partial charge in [-0.3, -0.25) is 4.79 Å². The number of fused-ring (bicyclic) bond motifs is 1. The Hall–Kier alpha value is -1.43. The largest absolute Gasteiger partial charge is 0.394 e. The van der Waals surface area contributed by atoms with Crippen molar-refractivity contribution < 1.29 is 15.0 Å². The monoisotopic (exact) mass is 250 g/mol. The number of aliphatic hydroxyl groups excluding tert-OH is 2. The number of amides is 1. The zero-order chi connectivity index (χ0) is 13.0. The summed E-state index contributed by atoms with van der Waals surface area (Å²) in [6, 6.07) is 5.04. The van der Waals surface area contributed by atoms with Gasteiger partial charge in [-0.05, 0) is 30.2 Å². The predicted octanol–water partition coefficient (Wildman–Crippen LogP) is -0.585. The van der Waals surface area contributed by atoms with Crippen LogP contribution in [0.3, 0.4) is 0 Å². The van der Waals surface area contributed by atoms with Gasteiger partial charge in [-0.15, -0.1) is 0 Å². The lowest BCUT2D eigenvalue weighted by Gasteiger charge is -2.21. The van der Waals surface area contributed by atoms with Crippen molar-refractivity contribution >= 4 is 5.91 Å². The molecular weight excluding hydrogens is 232 g/mol. The molecule has 1 aromatic carbocycles. The Morgan fingerprint density at radius 1 is 1.39 bits per heavy atom. The normalized spacial score (nSPS) is 14.4. The van der Waals surface area contributed by atoms with Gasteiger partial charge in [-0.2, -0.15) is 0 Å². The van der Waals surface area contributed by atoms with Crippen LogP contribution in [0.25, 0.3) is 0 Å². The van der Waals surface area contributed by atoms with Gasteiger partial charge < -0.3 is 20.8 Å². The highest BCUT2D eigenvalue weighted by atomic mass is 16.3. The fourth-order valence-corrected chi connectivity index (χ4v) is 2.16. The molecule has 0 aliphatic carbocycles. The van der Waals surface area contributed by atoms with Gasteiger partial charge in [0, 0.05) is 12.1 Å². The number of hydrogen-bond donors (Lipinski definition) is 4. The van der Waals surface area contributed by atoms with Gasteiger partial charge in [-0.1, -0.05) is 12.1 Å². The van der Waals surface area contributed by atoms with Gasteiger partial charge in [0.05, 0.1) is 19.3 Å². The summed E-state index contributed by atoms with van der Waals surface area (Å²) in [6.07, 6.45) is 0.821. The molecule has 0 aromatic heterocycles. The van der Waals surface area contributed by atoms with E-state index in [0.717, 1.165) is 30.6 Å². The van der Waals surface area contributed by atoms with Gasteiger partial charge in [-0.25, -0.2) is 0 Å². The number of benzene rings is 1. The average Bonchev–Trinajstić information content (AvgIpc) is 2.43. The fraction of sp³-hybridized carbons (Fsp3) is 0.462. The van der Waals surface area contributed by atoms with Crippen molar-refractivity contribution in [2.75, 3.05) is 19.8 Å². The van der Waals surface area contributed by atoms with E-state index in [-0.39, 0.29) is 19.1 Å². The van der Waals surface area contributed by atoms with Crippen molar-refractivity contribution in [1.82, 2.24) is 10.6 Å². The summed E-state index contributed by atoms with van der Waals surface area (Å²) < 4.78 is 0. The molecule has 1 aliphatic rings. The fourth-order valence-electron chi connectivity index (χ4n) is 2.16. The van der Waals surface area contributed by atoms with Crippen LogP contribution in [-0.2, 0) is 13.0 Å². The molecule has 0 radical (unpaired) electrons. The molecule has 0 atom stereocenters. The summed E-state index contributed by atoms with van der Waals surface area (Å²) >= 11 is 0. The number of carbonyl (C=O) groups excluding carboxylic acids is 1. The molecule has 18 heavy (non-hydrogen) atoms. The minimum Gasteiger partial charge on any atom is -0.394 e. The van der Waals surface area contributed by atoms with E-state index in [1.165, 1.54) is 0 Å². The number of rotatable bonds is 4. The van der Waals surface area contributed by atoms with E-state index in [1.807, 2.05) is 12.1 Å². The Labute approximate surface area is 106 Å². The molecule has 5 nitrogen and oxygen atoms in total. The molecular formula is C13H18N2O3. The third-order valence-corrected chi connectivity index (χ3v) is 3.16. The van der Waals surface area contributed by atoms with Crippen molar-refractivity contribution in [2.45, 2.75) is 19.0 Å². The molecule has 1 amide bonds. The first-order chi connectivity index (χ1) is 8.76. The van der Waals surface area contributed by atoms with Crippen molar-refractivity contribution in [2.24, 2.45) is 0 Å². The second-order valence-electron chi connectivity index (χ2n) is 4.41. The second-order valence-corrected chi connectivity index (χ2v) is 4.41. The van der Waals surface area contributed by atoms with Crippen LogP contribution in [0.2, 0.25) is 0 Å². The first-order valence-corrected chi connectivity index (χ1v) is 6.10. The third kappa shape index (κ3) is 2.69. The SMILES string of the molecule is O=C(NC(CO)CO)c1cccc2c1CCNC2. The van der Waals surface area contributed by atoms with E-state index < -0.39 is 6.04 Å². The number of aliphatic hydroxyl groups is 2. The number of carbonyl (C=O) groups is 1. The van der Waals surface area contributed by atoms with E-state index >= 15 is 0 Å². The van der Waals surface area contributed by atoms with Crippen LogP contribution >= 0.6 is 0 Å². The second kappa shape index (κ2) is 5.95. The van der Waals surface area contributed by atoms with Crippen LogP contribution in [0, 0.1) is 0 Å². The molecule has 5 heteroatoms. The van der Waals surface area contributed by atoms with Gasteiger partial charge in [0.15, 0.2) is 0 Å². The molecule has 0 saturated carbocycles. The zero-order valence-corrected chi connectivity index (χ0v) is 10.1. The highest BCUT2D eigenvalue weighted by Crippen LogP contribution is 2.18. The molecule has 1 aliphatic heterocycles. The summed E-state index contributed by atoms with van der Waals surface area (Å²) in [5.41, 5.74) is 2.84. The quantitative estimate of drug-likeness (QED) is 0.576. The van der Waals surface area contributed by atoms with Gasteiger partial charge >= 0.3 is 0 Å². The van der Waals surface area contributed by atoms with Crippen molar-refractivity contribution in [1.29, 1.82) is 0 Å². The molecule has 0 spiro atoms. The Kier molecular flexibility index (Phi) is 4.30. The lowest BCUT2D eigenvalue weighted by molar-refractivity contribution is 0.0878. The summed E-state index contributed by atoms with van der Waals surface area (Å²) in [7, 11) is 0. The van der Waals surface area contributed by atoms with Gasteiger partial charge in [0.2, 0.25) is 0 Å². The van der Waals surface area contributed by atoms with Crippen molar-refractivity contribution in [3.63, 3.8) is 0 Å².